The second kappa shape index (κ2) is 10.1. The molecule has 34 heavy (non-hydrogen) atoms. The monoisotopic (exact) mass is 484 g/mol. The molecular formula is C24H32N6O3S. The lowest BCUT2D eigenvalue weighted by Gasteiger charge is -2.31. The maximum Gasteiger partial charge on any atom is 0.243 e. The van der Waals surface area contributed by atoms with Gasteiger partial charge in [-0.3, -0.25) is 4.79 Å². The van der Waals surface area contributed by atoms with Gasteiger partial charge < -0.3 is 10.2 Å². The van der Waals surface area contributed by atoms with Gasteiger partial charge in [-0.05, 0) is 55.2 Å². The molecule has 1 atom stereocenters. The molecule has 0 saturated carbocycles. The summed E-state index contributed by atoms with van der Waals surface area (Å²) in [5.41, 5.74) is 3.47. The van der Waals surface area contributed by atoms with Gasteiger partial charge in [0, 0.05) is 46.0 Å². The lowest BCUT2D eigenvalue weighted by Crippen LogP contribution is -2.45. The number of rotatable bonds is 8. The number of nitrogens with zero attached hydrogens (tertiary/aromatic N) is 5. The lowest BCUT2D eigenvalue weighted by molar-refractivity contribution is -0.126. The van der Waals surface area contributed by atoms with Gasteiger partial charge >= 0.3 is 0 Å². The van der Waals surface area contributed by atoms with Gasteiger partial charge in [-0.15, -0.1) is 5.10 Å². The Kier molecular flexibility index (Phi) is 7.18. The first-order valence-electron chi connectivity index (χ1n) is 11.7. The van der Waals surface area contributed by atoms with Crippen molar-refractivity contribution < 1.29 is 13.2 Å². The van der Waals surface area contributed by atoms with Crippen LogP contribution in [0.2, 0.25) is 0 Å². The number of piperidine rings is 1. The number of benzene rings is 2. The molecule has 1 aliphatic heterocycles. The van der Waals surface area contributed by atoms with E-state index >= 15 is 0 Å². The Labute approximate surface area is 200 Å². The van der Waals surface area contributed by atoms with Gasteiger partial charge in [0.2, 0.25) is 15.9 Å². The van der Waals surface area contributed by atoms with Crippen LogP contribution >= 0.6 is 0 Å². The minimum Gasteiger partial charge on any atom is -0.378 e. The summed E-state index contributed by atoms with van der Waals surface area (Å²) >= 11 is 0. The normalized spacial score (nSPS) is 17.1. The molecule has 2 aromatic carbocycles. The van der Waals surface area contributed by atoms with Crippen molar-refractivity contribution in [2.24, 2.45) is 5.92 Å². The van der Waals surface area contributed by atoms with E-state index in [0.717, 1.165) is 29.7 Å². The molecule has 2 heterocycles. The van der Waals surface area contributed by atoms with Crippen LogP contribution in [0.4, 0.5) is 5.69 Å². The first kappa shape index (κ1) is 24.2. The fraction of sp³-hybridized carbons (Fsp3) is 0.458. The van der Waals surface area contributed by atoms with E-state index in [0.29, 0.717) is 31.4 Å². The van der Waals surface area contributed by atoms with Crippen LogP contribution in [-0.4, -0.2) is 60.8 Å². The van der Waals surface area contributed by atoms with Crippen molar-refractivity contribution in [3.63, 3.8) is 0 Å². The van der Waals surface area contributed by atoms with Crippen molar-refractivity contribution in [2.45, 2.75) is 44.2 Å². The highest BCUT2D eigenvalue weighted by Crippen LogP contribution is 2.26. The number of aromatic nitrogens is 3. The van der Waals surface area contributed by atoms with Gasteiger partial charge in [-0.1, -0.05) is 24.3 Å². The Balaban J connectivity index is 1.42. The summed E-state index contributed by atoms with van der Waals surface area (Å²) in [7, 11) is 0.228. The van der Waals surface area contributed by atoms with E-state index in [-0.39, 0.29) is 23.3 Å². The summed E-state index contributed by atoms with van der Waals surface area (Å²) in [4.78, 5) is 15.0. The van der Waals surface area contributed by atoms with Gasteiger partial charge in [0.1, 0.15) is 5.52 Å². The quantitative estimate of drug-likeness (QED) is 0.528. The van der Waals surface area contributed by atoms with Crippen molar-refractivity contribution in [1.82, 2.24) is 24.6 Å². The summed E-state index contributed by atoms with van der Waals surface area (Å²) < 4.78 is 29.9. The summed E-state index contributed by atoms with van der Waals surface area (Å²) in [6, 6.07) is 12.9. The SMILES string of the molecule is CCCn1nnc2cc(S(=O)(=O)N3CCCC(C(=O)NCc4ccc(N(C)C)cc4)C3)ccc21. The fourth-order valence-electron chi connectivity index (χ4n) is 4.26. The molecule has 0 spiro atoms. The number of nitrogens with one attached hydrogen (secondary N) is 1. The molecule has 10 heteroatoms. The van der Waals surface area contributed by atoms with E-state index in [1.807, 2.05) is 43.3 Å². The molecule has 1 aliphatic rings. The van der Waals surface area contributed by atoms with Gasteiger partial charge in [0.15, 0.2) is 0 Å². The number of carbonyl (C=O) groups excluding carboxylic acids is 1. The molecule has 1 amide bonds. The molecule has 1 N–H and O–H groups in total. The number of aryl methyl sites for hydroxylation is 1. The highest BCUT2D eigenvalue weighted by Gasteiger charge is 2.33. The number of carbonyl (C=O) groups is 1. The molecule has 0 bridgehead atoms. The molecule has 1 aromatic heterocycles. The van der Waals surface area contributed by atoms with Gasteiger partial charge in [0.25, 0.3) is 0 Å². The number of hydrogen-bond donors (Lipinski definition) is 1. The average Bonchev–Trinajstić information content (AvgIpc) is 3.25. The Hall–Kier alpha value is -2.98. The summed E-state index contributed by atoms with van der Waals surface area (Å²) in [5.74, 6) is -0.492. The maximum atomic E-state index is 13.3. The number of hydrogen-bond acceptors (Lipinski definition) is 6. The Morgan fingerprint density at radius 1 is 1.18 bits per heavy atom. The minimum absolute atomic E-state index is 0.116. The molecule has 0 radical (unpaired) electrons. The predicted molar refractivity (Wildman–Crippen MR) is 132 cm³/mol. The lowest BCUT2D eigenvalue weighted by atomic mass is 9.99. The van der Waals surface area contributed by atoms with Gasteiger partial charge in [-0.25, -0.2) is 13.1 Å². The van der Waals surface area contributed by atoms with Crippen LogP contribution in [0.3, 0.4) is 0 Å². The zero-order valence-electron chi connectivity index (χ0n) is 19.9. The molecule has 1 saturated heterocycles. The third kappa shape index (κ3) is 5.07. The van der Waals surface area contributed by atoms with E-state index < -0.39 is 10.0 Å². The second-order valence-corrected chi connectivity index (χ2v) is 10.9. The molecule has 9 nitrogen and oxygen atoms in total. The summed E-state index contributed by atoms with van der Waals surface area (Å²) in [5, 5.41) is 11.2. The zero-order chi connectivity index (χ0) is 24.3. The van der Waals surface area contributed by atoms with Crippen LogP contribution in [-0.2, 0) is 27.9 Å². The first-order chi connectivity index (χ1) is 16.3. The zero-order valence-corrected chi connectivity index (χ0v) is 20.8. The van der Waals surface area contributed by atoms with Crippen LogP contribution in [0.1, 0.15) is 31.7 Å². The largest absolute Gasteiger partial charge is 0.378 e. The van der Waals surface area contributed by atoms with Crippen molar-refractivity contribution in [2.75, 3.05) is 32.1 Å². The standard InChI is InChI=1S/C24H32N6O3S/c1-4-13-30-23-12-11-21(15-22(23)26-27-30)34(32,33)29-14-5-6-19(17-29)24(31)25-16-18-7-9-20(10-8-18)28(2)3/h7-12,15,19H,4-6,13-14,16-17H2,1-3H3,(H,25,31). The summed E-state index contributed by atoms with van der Waals surface area (Å²) in [6.45, 7) is 3.77. The fourth-order valence-corrected chi connectivity index (χ4v) is 5.80. The van der Waals surface area contributed by atoms with Gasteiger partial charge in [0.05, 0.1) is 16.3 Å². The van der Waals surface area contributed by atoms with Crippen molar-refractivity contribution in [1.29, 1.82) is 0 Å². The maximum absolute atomic E-state index is 13.3. The third-order valence-corrected chi connectivity index (χ3v) is 8.09. The second-order valence-electron chi connectivity index (χ2n) is 8.94. The summed E-state index contributed by atoms with van der Waals surface area (Å²) in [6.07, 6.45) is 2.22. The molecule has 4 rings (SSSR count). The number of sulfonamides is 1. The molecule has 182 valence electrons. The predicted octanol–water partition coefficient (Wildman–Crippen LogP) is 2.62. The Bertz CT molecular complexity index is 1250. The van der Waals surface area contributed by atoms with Crippen LogP contribution in [0.15, 0.2) is 47.4 Å². The minimum atomic E-state index is -3.73. The third-order valence-electron chi connectivity index (χ3n) is 6.23. The van der Waals surface area contributed by atoms with E-state index in [4.69, 9.17) is 0 Å². The van der Waals surface area contributed by atoms with E-state index in [9.17, 15) is 13.2 Å². The molecule has 3 aromatic rings. The van der Waals surface area contributed by atoms with Crippen LogP contribution in [0.25, 0.3) is 11.0 Å². The van der Waals surface area contributed by atoms with Gasteiger partial charge in [-0.2, -0.15) is 4.31 Å². The first-order valence-corrected chi connectivity index (χ1v) is 13.1. The van der Waals surface area contributed by atoms with Crippen LogP contribution < -0.4 is 10.2 Å². The average molecular weight is 485 g/mol. The highest BCUT2D eigenvalue weighted by atomic mass is 32.2. The number of amides is 1. The smallest absolute Gasteiger partial charge is 0.243 e. The molecule has 0 aliphatic carbocycles. The van der Waals surface area contributed by atoms with E-state index in [1.165, 1.54) is 4.31 Å². The Morgan fingerprint density at radius 2 is 1.94 bits per heavy atom. The van der Waals surface area contributed by atoms with Crippen LogP contribution in [0.5, 0.6) is 0 Å². The number of anilines is 1. The van der Waals surface area contributed by atoms with Crippen molar-refractivity contribution >= 4 is 32.7 Å². The van der Waals surface area contributed by atoms with E-state index in [1.54, 1.807) is 22.9 Å². The molecule has 1 fully saturated rings. The topological polar surface area (TPSA) is 100 Å². The van der Waals surface area contributed by atoms with Crippen molar-refractivity contribution in [3.05, 3.63) is 48.0 Å². The van der Waals surface area contributed by atoms with E-state index in [2.05, 4.69) is 22.6 Å². The highest BCUT2D eigenvalue weighted by molar-refractivity contribution is 7.89. The molecular weight excluding hydrogens is 452 g/mol. The van der Waals surface area contributed by atoms with Crippen molar-refractivity contribution in [3.8, 4) is 0 Å². The molecule has 1 unspecified atom stereocenters. The Morgan fingerprint density at radius 3 is 2.65 bits per heavy atom. The number of fused-ring (bicyclic) bond motifs is 1. The van der Waals surface area contributed by atoms with Crippen LogP contribution in [0, 0.1) is 5.92 Å².